The van der Waals surface area contributed by atoms with Crippen LogP contribution in [0.1, 0.15) is 86.5 Å². The van der Waals surface area contributed by atoms with Crippen LogP contribution in [0.15, 0.2) is 37.2 Å². The monoisotopic (exact) mass is 431 g/mol. The minimum atomic E-state index is 0.144. The highest BCUT2D eigenvalue weighted by molar-refractivity contribution is 5.07. The van der Waals surface area contributed by atoms with Crippen LogP contribution in [-0.2, 0) is 0 Å². The zero-order valence-electron chi connectivity index (χ0n) is 21.9. The first-order valence-corrected chi connectivity index (χ1v) is 12.9. The fourth-order valence-corrected chi connectivity index (χ4v) is 5.86. The number of allylic oxidation sites excluding steroid dienone is 2. The number of nitrogens with two attached hydrogens (primary N) is 1. The van der Waals surface area contributed by atoms with Crippen molar-refractivity contribution in [1.29, 1.82) is 0 Å². The van der Waals surface area contributed by atoms with Gasteiger partial charge in [-0.25, -0.2) is 0 Å². The Kier molecular flexibility index (Phi) is 12.0. The van der Waals surface area contributed by atoms with E-state index < -0.39 is 0 Å². The molecular formula is C28H53N3. The minimum Gasteiger partial charge on any atom is -0.375 e. The number of likely N-dealkylation sites (tertiary alicyclic amines) is 1. The third kappa shape index (κ3) is 7.41. The maximum absolute atomic E-state index is 6.09. The molecule has 1 heterocycles. The topological polar surface area (TPSA) is 32.5 Å². The van der Waals surface area contributed by atoms with Gasteiger partial charge in [0.2, 0.25) is 0 Å². The van der Waals surface area contributed by atoms with Gasteiger partial charge >= 0.3 is 0 Å². The van der Waals surface area contributed by atoms with E-state index in [1.165, 1.54) is 31.4 Å². The molecule has 1 fully saturated rings. The lowest BCUT2D eigenvalue weighted by Gasteiger charge is -2.43. The first kappa shape index (κ1) is 27.8. The van der Waals surface area contributed by atoms with Gasteiger partial charge in [-0.2, -0.15) is 0 Å². The summed E-state index contributed by atoms with van der Waals surface area (Å²) in [6, 6.07) is 1.22. The van der Waals surface area contributed by atoms with Crippen molar-refractivity contribution >= 4 is 0 Å². The predicted molar refractivity (Wildman–Crippen MR) is 139 cm³/mol. The maximum atomic E-state index is 6.09. The maximum Gasteiger partial charge on any atom is 0.0340 e. The molecule has 2 N–H and O–H groups in total. The van der Waals surface area contributed by atoms with Gasteiger partial charge in [-0.1, -0.05) is 73.1 Å². The van der Waals surface area contributed by atoms with E-state index in [4.69, 9.17) is 5.73 Å². The van der Waals surface area contributed by atoms with Crippen LogP contribution in [0.3, 0.4) is 0 Å². The van der Waals surface area contributed by atoms with E-state index in [2.05, 4.69) is 84.2 Å². The van der Waals surface area contributed by atoms with Crippen molar-refractivity contribution in [2.24, 2.45) is 29.4 Å². The summed E-state index contributed by atoms with van der Waals surface area (Å²) in [4.78, 5) is 5.09. The molecule has 31 heavy (non-hydrogen) atoms. The summed E-state index contributed by atoms with van der Waals surface area (Å²) in [6.45, 7) is 28.0. The molecule has 1 aliphatic rings. The third-order valence-electron chi connectivity index (χ3n) is 7.95. The standard InChI is InChI=1S/C28H53N3/c1-11-20(5)26(14-4)27-16-15-17-31(27)24(9)19-25(13-3)28(21(6)12-2)30(10)23(8)18-22(7)29/h11,20-22,25-28H,1,8-9,12-19,29H2,2-7,10H3. The van der Waals surface area contributed by atoms with Crippen molar-refractivity contribution in [2.75, 3.05) is 13.6 Å². The second-order valence-corrected chi connectivity index (χ2v) is 10.2. The summed E-state index contributed by atoms with van der Waals surface area (Å²) >= 11 is 0. The Balaban J connectivity index is 3.03. The van der Waals surface area contributed by atoms with Crippen LogP contribution in [0.2, 0.25) is 0 Å². The lowest BCUT2D eigenvalue weighted by Crippen LogP contribution is -2.44. The van der Waals surface area contributed by atoms with Gasteiger partial charge in [0.15, 0.2) is 0 Å². The average Bonchev–Trinajstić information content (AvgIpc) is 3.22. The molecule has 0 aliphatic carbocycles. The normalized spacial score (nSPS) is 22.3. The Morgan fingerprint density at radius 1 is 1.10 bits per heavy atom. The summed E-state index contributed by atoms with van der Waals surface area (Å²) in [5, 5.41) is 0. The van der Waals surface area contributed by atoms with E-state index in [0.29, 0.717) is 35.8 Å². The van der Waals surface area contributed by atoms with Gasteiger partial charge in [-0.3, -0.25) is 0 Å². The van der Waals surface area contributed by atoms with E-state index >= 15 is 0 Å². The fourth-order valence-electron chi connectivity index (χ4n) is 5.86. The van der Waals surface area contributed by atoms with Gasteiger partial charge in [0.1, 0.15) is 0 Å². The average molecular weight is 432 g/mol. The highest BCUT2D eigenvalue weighted by Gasteiger charge is 2.36. The summed E-state index contributed by atoms with van der Waals surface area (Å²) in [6.07, 6.45) is 10.2. The fraction of sp³-hybridized carbons (Fsp3) is 0.786. The minimum absolute atomic E-state index is 0.144. The second kappa shape index (κ2) is 13.4. The van der Waals surface area contributed by atoms with E-state index in [1.54, 1.807) is 0 Å². The molecule has 1 saturated heterocycles. The Morgan fingerprint density at radius 3 is 2.23 bits per heavy atom. The first-order chi connectivity index (χ1) is 14.6. The van der Waals surface area contributed by atoms with Crippen LogP contribution in [0.4, 0.5) is 0 Å². The molecular weight excluding hydrogens is 378 g/mol. The van der Waals surface area contributed by atoms with E-state index in [-0.39, 0.29) is 6.04 Å². The van der Waals surface area contributed by atoms with Crippen LogP contribution in [0, 0.1) is 23.7 Å². The molecule has 0 bridgehead atoms. The van der Waals surface area contributed by atoms with Crippen molar-refractivity contribution in [3.05, 3.63) is 37.2 Å². The third-order valence-corrected chi connectivity index (χ3v) is 7.95. The van der Waals surface area contributed by atoms with Crippen LogP contribution >= 0.6 is 0 Å². The predicted octanol–water partition coefficient (Wildman–Crippen LogP) is 6.83. The second-order valence-electron chi connectivity index (χ2n) is 10.2. The Morgan fingerprint density at radius 2 is 1.74 bits per heavy atom. The number of hydrogen-bond acceptors (Lipinski definition) is 3. The molecule has 3 nitrogen and oxygen atoms in total. The quantitative estimate of drug-likeness (QED) is 0.288. The van der Waals surface area contributed by atoms with Crippen molar-refractivity contribution in [3.8, 4) is 0 Å². The molecule has 3 heteroatoms. The molecule has 0 aromatic carbocycles. The van der Waals surface area contributed by atoms with E-state index in [9.17, 15) is 0 Å². The SMILES string of the molecule is C=CC(C)C(CC)C1CCCN1C(=C)CC(CC)C(C(C)CC)N(C)C(=C)CC(C)N. The summed E-state index contributed by atoms with van der Waals surface area (Å²) < 4.78 is 0. The van der Waals surface area contributed by atoms with Gasteiger partial charge in [0.25, 0.3) is 0 Å². The van der Waals surface area contributed by atoms with Crippen LogP contribution in [0.25, 0.3) is 0 Å². The highest BCUT2D eigenvalue weighted by atomic mass is 15.2. The molecule has 0 radical (unpaired) electrons. The van der Waals surface area contributed by atoms with Crippen molar-refractivity contribution < 1.29 is 0 Å². The van der Waals surface area contributed by atoms with Gasteiger partial charge < -0.3 is 15.5 Å². The number of hydrogen-bond donors (Lipinski definition) is 1. The van der Waals surface area contributed by atoms with Crippen LogP contribution in [0.5, 0.6) is 0 Å². The zero-order chi connectivity index (χ0) is 23.7. The van der Waals surface area contributed by atoms with E-state index in [0.717, 1.165) is 31.5 Å². The Bertz CT molecular complexity index is 567. The smallest absolute Gasteiger partial charge is 0.0340 e. The van der Waals surface area contributed by atoms with Crippen LogP contribution in [-0.4, -0.2) is 41.5 Å². The molecule has 180 valence electrons. The first-order valence-electron chi connectivity index (χ1n) is 12.9. The number of nitrogens with zero attached hydrogens (tertiary/aromatic N) is 2. The molecule has 1 aliphatic heterocycles. The lowest BCUT2D eigenvalue weighted by atomic mass is 9.81. The van der Waals surface area contributed by atoms with Gasteiger partial charge in [-0.15, -0.1) is 6.58 Å². The molecule has 0 saturated carbocycles. The summed E-state index contributed by atoms with van der Waals surface area (Å²) in [5.41, 5.74) is 8.59. The molecule has 7 atom stereocenters. The van der Waals surface area contributed by atoms with Gasteiger partial charge in [-0.05, 0) is 49.9 Å². The highest BCUT2D eigenvalue weighted by Crippen LogP contribution is 2.37. The van der Waals surface area contributed by atoms with Crippen molar-refractivity contribution in [2.45, 2.75) is 105 Å². The summed E-state index contributed by atoms with van der Waals surface area (Å²) in [5.74, 6) is 2.38. The molecule has 0 aromatic heterocycles. The Labute approximate surface area is 194 Å². The van der Waals surface area contributed by atoms with Gasteiger partial charge in [0, 0.05) is 49.5 Å². The largest absolute Gasteiger partial charge is 0.375 e. The Hall–Kier alpha value is -1.22. The molecule has 0 aromatic rings. The molecule has 7 unspecified atom stereocenters. The van der Waals surface area contributed by atoms with E-state index in [1.807, 2.05) is 0 Å². The molecule has 0 spiro atoms. The summed E-state index contributed by atoms with van der Waals surface area (Å²) in [7, 11) is 2.23. The van der Waals surface area contributed by atoms with Crippen molar-refractivity contribution in [1.82, 2.24) is 9.80 Å². The zero-order valence-corrected chi connectivity index (χ0v) is 21.9. The van der Waals surface area contributed by atoms with Crippen molar-refractivity contribution in [3.63, 3.8) is 0 Å². The molecule has 0 amide bonds. The van der Waals surface area contributed by atoms with Crippen LogP contribution < -0.4 is 5.73 Å². The van der Waals surface area contributed by atoms with Gasteiger partial charge in [0.05, 0.1) is 0 Å². The lowest BCUT2D eigenvalue weighted by molar-refractivity contribution is 0.129. The number of rotatable bonds is 15. The molecule has 1 rings (SSSR count).